The van der Waals surface area contributed by atoms with Gasteiger partial charge in [-0.25, -0.2) is 4.68 Å². The Morgan fingerprint density at radius 2 is 1.68 bits per heavy atom. The van der Waals surface area contributed by atoms with Crippen molar-refractivity contribution in [1.82, 2.24) is 19.9 Å². The number of aromatic nitrogens is 3. The highest BCUT2D eigenvalue weighted by Gasteiger charge is 2.26. The minimum absolute atomic E-state index is 0.0175. The Balaban J connectivity index is 1.25. The van der Waals surface area contributed by atoms with Crippen molar-refractivity contribution in [2.45, 2.75) is 19.4 Å². The molecule has 1 aliphatic heterocycles. The summed E-state index contributed by atoms with van der Waals surface area (Å²) < 4.78 is 1.75. The number of amides is 2. The van der Waals surface area contributed by atoms with Crippen LogP contribution in [-0.4, -0.2) is 44.8 Å². The summed E-state index contributed by atoms with van der Waals surface area (Å²) in [4.78, 5) is 26.7. The highest BCUT2D eigenvalue weighted by atomic mass is 16.2. The molecule has 4 rings (SSSR count). The Morgan fingerprint density at radius 1 is 1.00 bits per heavy atom. The maximum Gasteiger partial charge on any atom is 0.246 e. The van der Waals surface area contributed by atoms with Gasteiger partial charge in [0.15, 0.2) is 0 Å². The van der Waals surface area contributed by atoms with E-state index in [-0.39, 0.29) is 17.7 Å². The highest BCUT2D eigenvalue weighted by molar-refractivity contribution is 5.93. The Morgan fingerprint density at radius 3 is 2.39 bits per heavy atom. The highest BCUT2D eigenvalue weighted by Crippen LogP contribution is 2.20. The van der Waals surface area contributed by atoms with Crippen LogP contribution in [0.5, 0.6) is 0 Å². The predicted molar refractivity (Wildman–Crippen MR) is 119 cm³/mol. The molecule has 31 heavy (non-hydrogen) atoms. The van der Waals surface area contributed by atoms with Crippen molar-refractivity contribution in [1.29, 1.82) is 0 Å². The summed E-state index contributed by atoms with van der Waals surface area (Å²) >= 11 is 0. The van der Waals surface area contributed by atoms with Crippen LogP contribution in [0.4, 0.5) is 5.69 Å². The molecule has 158 valence electrons. The molecule has 2 heterocycles. The van der Waals surface area contributed by atoms with Gasteiger partial charge < -0.3 is 10.2 Å². The van der Waals surface area contributed by atoms with Gasteiger partial charge in [0.25, 0.3) is 0 Å². The van der Waals surface area contributed by atoms with Gasteiger partial charge in [0.2, 0.25) is 11.8 Å². The van der Waals surface area contributed by atoms with Crippen molar-refractivity contribution in [3.8, 4) is 0 Å². The van der Waals surface area contributed by atoms with Crippen molar-refractivity contribution in [2.24, 2.45) is 5.92 Å². The van der Waals surface area contributed by atoms with Crippen LogP contribution < -0.4 is 5.32 Å². The second-order valence-electron chi connectivity index (χ2n) is 7.61. The van der Waals surface area contributed by atoms with Crippen LogP contribution in [0.2, 0.25) is 0 Å². The average Bonchev–Trinajstić information content (AvgIpc) is 3.26. The molecule has 7 heteroatoms. The number of hydrogen-bond donors (Lipinski definition) is 1. The summed E-state index contributed by atoms with van der Waals surface area (Å²) in [6, 6.07) is 19.5. The van der Waals surface area contributed by atoms with Crippen LogP contribution in [0.15, 0.2) is 72.9 Å². The van der Waals surface area contributed by atoms with Crippen LogP contribution in [0, 0.1) is 5.92 Å². The van der Waals surface area contributed by atoms with Crippen molar-refractivity contribution in [3.05, 3.63) is 84.2 Å². The first kappa shape index (κ1) is 20.5. The topological polar surface area (TPSA) is 80.1 Å². The van der Waals surface area contributed by atoms with E-state index in [1.807, 2.05) is 66.9 Å². The second-order valence-corrected chi connectivity index (χ2v) is 7.61. The Labute approximate surface area is 181 Å². The lowest BCUT2D eigenvalue weighted by Crippen LogP contribution is -2.40. The van der Waals surface area contributed by atoms with E-state index in [4.69, 9.17) is 0 Å². The molecule has 0 spiro atoms. The second kappa shape index (κ2) is 9.84. The minimum Gasteiger partial charge on any atom is -0.339 e. The number of nitrogens with one attached hydrogen (secondary N) is 1. The molecule has 0 radical (unpaired) electrons. The SMILES string of the molecule is O=C(Nc1ccccc1)C1CCN(C(=O)C=Cc2cn(Cc3ccccc3)nn2)CC1. The molecule has 2 amide bonds. The molecule has 3 aromatic rings. The van der Waals surface area contributed by atoms with Crippen LogP contribution >= 0.6 is 0 Å². The van der Waals surface area contributed by atoms with Gasteiger partial charge >= 0.3 is 0 Å². The zero-order chi connectivity index (χ0) is 21.5. The third kappa shape index (κ3) is 5.66. The average molecular weight is 415 g/mol. The first-order valence-electron chi connectivity index (χ1n) is 10.4. The molecular formula is C24H25N5O2. The molecule has 1 fully saturated rings. The third-order valence-electron chi connectivity index (χ3n) is 5.36. The number of nitrogens with zero attached hydrogens (tertiary/aromatic N) is 4. The first-order valence-corrected chi connectivity index (χ1v) is 10.4. The van der Waals surface area contributed by atoms with E-state index in [2.05, 4.69) is 15.6 Å². The van der Waals surface area contributed by atoms with Crippen molar-refractivity contribution in [3.63, 3.8) is 0 Å². The van der Waals surface area contributed by atoms with Crippen molar-refractivity contribution >= 4 is 23.6 Å². The third-order valence-corrected chi connectivity index (χ3v) is 5.36. The summed E-state index contributed by atoms with van der Waals surface area (Å²) in [6.07, 6.45) is 6.35. The summed E-state index contributed by atoms with van der Waals surface area (Å²) in [5.41, 5.74) is 2.58. The summed E-state index contributed by atoms with van der Waals surface area (Å²) in [7, 11) is 0. The smallest absolute Gasteiger partial charge is 0.246 e. The van der Waals surface area contributed by atoms with Gasteiger partial charge in [-0.05, 0) is 36.6 Å². The number of carbonyl (C=O) groups excluding carboxylic acids is 2. The molecule has 0 bridgehead atoms. The lowest BCUT2D eigenvalue weighted by molar-refractivity contribution is -0.130. The van der Waals surface area contributed by atoms with E-state index in [0.717, 1.165) is 11.3 Å². The molecular weight excluding hydrogens is 390 g/mol. The zero-order valence-electron chi connectivity index (χ0n) is 17.2. The number of hydrogen-bond acceptors (Lipinski definition) is 4. The summed E-state index contributed by atoms with van der Waals surface area (Å²) in [5.74, 6) is -0.130. The van der Waals surface area contributed by atoms with E-state index >= 15 is 0 Å². The number of piperidine rings is 1. The fourth-order valence-electron chi connectivity index (χ4n) is 3.63. The van der Waals surface area contributed by atoms with Crippen LogP contribution in [0.3, 0.4) is 0 Å². The predicted octanol–water partition coefficient (Wildman–Crippen LogP) is 3.22. The molecule has 7 nitrogen and oxygen atoms in total. The van der Waals surface area contributed by atoms with E-state index in [1.165, 1.54) is 6.08 Å². The largest absolute Gasteiger partial charge is 0.339 e. The minimum atomic E-state index is -0.0777. The van der Waals surface area contributed by atoms with E-state index in [9.17, 15) is 9.59 Å². The Bertz CT molecular complexity index is 1040. The number of benzene rings is 2. The fraction of sp³-hybridized carbons (Fsp3) is 0.250. The zero-order valence-corrected chi connectivity index (χ0v) is 17.2. The maximum absolute atomic E-state index is 12.5. The molecule has 0 aliphatic carbocycles. The molecule has 1 aromatic heterocycles. The van der Waals surface area contributed by atoms with Crippen LogP contribution in [0.25, 0.3) is 6.08 Å². The normalized spacial score (nSPS) is 14.6. The number of para-hydroxylation sites is 1. The van der Waals surface area contributed by atoms with Gasteiger partial charge in [0, 0.05) is 30.8 Å². The molecule has 0 unspecified atom stereocenters. The lowest BCUT2D eigenvalue weighted by Gasteiger charge is -2.30. The number of likely N-dealkylation sites (tertiary alicyclic amines) is 1. The van der Waals surface area contributed by atoms with Gasteiger partial charge in [-0.3, -0.25) is 9.59 Å². The van der Waals surface area contributed by atoms with Crippen molar-refractivity contribution < 1.29 is 9.59 Å². The number of carbonyl (C=O) groups is 2. The molecule has 2 aromatic carbocycles. The van der Waals surface area contributed by atoms with Crippen LogP contribution in [0.1, 0.15) is 24.1 Å². The van der Waals surface area contributed by atoms with Gasteiger partial charge in [0.05, 0.1) is 12.7 Å². The number of rotatable bonds is 6. The standard InChI is InChI=1S/C24H25N5O2/c30-23(12-11-22-18-29(27-26-22)17-19-7-3-1-4-8-19)28-15-13-20(14-16-28)24(31)25-21-9-5-2-6-10-21/h1-12,18,20H,13-17H2,(H,25,31). The summed E-state index contributed by atoms with van der Waals surface area (Å²) in [5, 5.41) is 11.2. The molecule has 0 atom stereocenters. The quantitative estimate of drug-likeness (QED) is 0.627. The molecule has 1 aliphatic rings. The van der Waals surface area contributed by atoms with Gasteiger partial charge in [0.1, 0.15) is 5.69 Å². The van der Waals surface area contributed by atoms with E-state index < -0.39 is 0 Å². The molecule has 0 saturated carbocycles. The Hall–Kier alpha value is -3.74. The lowest BCUT2D eigenvalue weighted by atomic mass is 9.95. The van der Waals surface area contributed by atoms with Gasteiger partial charge in [-0.1, -0.05) is 53.7 Å². The Kier molecular flexibility index (Phi) is 6.52. The maximum atomic E-state index is 12.5. The fourth-order valence-corrected chi connectivity index (χ4v) is 3.63. The van der Waals surface area contributed by atoms with Crippen LogP contribution in [-0.2, 0) is 16.1 Å². The van der Waals surface area contributed by atoms with Gasteiger partial charge in [-0.2, -0.15) is 0 Å². The van der Waals surface area contributed by atoms with Crippen molar-refractivity contribution in [2.75, 3.05) is 18.4 Å². The number of anilines is 1. The first-order chi connectivity index (χ1) is 15.2. The van der Waals surface area contributed by atoms with Gasteiger partial charge in [-0.15, -0.1) is 5.10 Å². The van der Waals surface area contributed by atoms with E-state index in [1.54, 1.807) is 15.7 Å². The molecule has 1 N–H and O–H groups in total. The summed E-state index contributed by atoms with van der Waals surface area (Å²) in [6.45, 7) is 1.77. The van der Waals surface area contributed by atoms with E-state index in [0.29, 0.717) is 38.2 Å². The monoisotopic (exact) mass is 415 g/mol. The molecule has 1 saturated heterocycles.